The molecule has 0 atom stereocenters. The average molecular weight is 440 g/mol. The van der Waals surface area contributed by atoms with E-state index in [1.807, 2.05) is 0 Å². The normalized spacial score (nSPS) is 11.8. The summed E-state index contributed by atoms with van der Waals surface area (Å²) in [6.07, 6.45) is 0. The zero-order chi connectivity index (χ0) is 20.5. The fraction of sp³-hybridized carbons (Fsp3) is 0. The molecule has 0 N–H and O–H groups in total. The van der Waals surface area contributed by atoms with Gasteiger partial charge in [-0.05, 0) is 24.3 Å². The third-order valence-electron chi connectivity index (χ3n) is 4.16. The molecule has 1 heterocycles. The van der Waals surface area contributed by atoms with Crippen LogP contribution < -0.4 is 0 Å². The van der Waals surface area contributed by atoms with Crippen LogP contribution >= 0.6 is 22.1 Å². The first-order valence-corrected chi connectivity index (χ1v) is 8.99. The molecule has 0 nitrogen and oxygen atoms in total. The van der Waals surface area contributed by atoms with Gasteiger partial charge in [0.05, 0.1) is 10.8 Å². The lowest BCUT2D eigenvalue weighted by Gasteiger charge is -1.99. The predicted molar refractivity (Wildman–Crippen MR) is 89.9 cm³/mol. The Labute approximate surface area is 158 Å². The van der Waals surface area contributed by atoms with E-state index in [-0.39, 0.29) is 9.92 Å². The maximum Gasteiger partial charge on any atom is 0.229 e. The largest absolute Gasteiger partial charge is 0.229 e. The summed E-state index contributed by atoms with van der Waals surface area (Å²) >= 11 is 5.74. The average Bonchev–Trinajstić information content (AvgIpc) is 3.04. The minimum atomic E-state index is -2.28. The van der Waals surface area contributed by atoms with Crippen molar-refractivity contribution in [2.24, 2.45) is 0 Å². The van der Waals surface area contributed by atoms with E-state index in [0.29, 0.717) is 0 Å². The molecule has 1 aromatic heterocycles. The second kappa shape index (κ2) is 6.31. The molecule has 0 radical (unpaired) electrons. The monoisotopic (exact) mass is 439 g/mol. The molecule has 4 rings (SSSR count). The molecule has 3 aromatic carbocycles. The quantitative estimate of drug-likeness (QED) is 0.125. The molecule has 4 aromatic rings. The highest BCUT2D eigenvalue weighted by molar-refractivity contribution is 7.50. The van der Waals surface area contributed by atoms with Gasteiger partial charge in [-0.3, -0.25) is 0 Å². The van der Waals surface area contributed by atoms with Crippen LogP contribution in [0.5, 0.6) is 0 Å². The summed E-state index contributed by atoms with van der Waals surface area (Å²) in [4.78, 5) is -0.0296. The highest BCUT2D eigenvalue weighted by Gasteiger charge is 2.40. The van der Waals surface area contributed by atoms with Crippen molar-refractivity contribution >= 4 is 42.2 Å². The van der Waals surface area contributed by atoms with E-state index in [1.54, 1.807) is 0 Å². The van der Waals surface area contributed by atoms with Crippen LogP contribution in [0.4, 0.5) is 35.1 Å². The van der Waals surface area contributed by atoms with Crippen molar-refractivity contribution < 1.29 is 35.1 Å². The van der Waals surface area contributed by atoms with Crippen LogP contribution in [0, 0.1) is 46.5 Å². The lowest BCUT2D eigenvalue weighted by Crippen LogP contribution is -1.98. The van der Waals surface area contributed by atoms with Crippen LogP contribution in [-0.4, -0.2) is 0 Å². The first kappa shape index (κ1) is 18.9. The SMILES string of the molecule is Fc1c(F)c(F)c2c(c1F)c1c(F)c(F)c(F)c(F)c1[s+]2-c1ccc(Cl)cc1. The molecular weight excluding hydrogens is 436 g/mol. The van der Waals surface area contributed by atoms with Crippen molar-refractivity contribution in [3.8, 4) is 4.90 Å². The van der Waals surface area contributed by atoms with E-state index < -0.39 is 77.2 Å². The van der Waals surface area contributed by atoms with Gasteiger partial charge >= 0.3 is 0 Å². The lowest BCUT2D eigenvalue weighted by molar-refractivity contribution is 0.416. The van der Waals surface area contributed by atoms with Crippen LogP contribution in [0.15, 0.2) is 24.3 Å². The first-order chi connectivity index (χ1) is 13.2. The van der Waals surface area contributed by atoms with E-state index in [1.165, 1.54) is 24.3 Å². The Morgan fingerprint density at radius 2 is 0.857 bits per heavy atom. The van der Waals surface area contributed by atoms with Gasteiger partial charge in [-0.1, -0.05) is 11.6 Å². The molecule has 28 heavy (non-hydrogen) atoms. The van der Waals surface area contributed by atoms with E-state index in [2.05, 4.69) is 0 Å². The number of halogens is 9. The van der Waals surface area contributed by atoms with Gasteiger partial charge in [-0.2, -0.15) is 8.78 Å². The molecule has 0 saturated heterocycles. The van der Waals surface area contributed by atoms with Crippen molar-refractivity contribution in [1.29, 1.82) is 0 Å². The van der Waals surface area contributed by atoms with Gasteiger partial charge in [0.2, 0.25) is 32.7 Å². The Hall–Kier alpha value is -2.39. The highest BCUT2D eigenvalue weighted by atomic mass is 35.5. The molecule has 144 valence electrons. The molecule has 0 amide bonds. The Balaban J connectivity index is 2.41. The Bertz CT molecular complexity index is 1220. The number of benzene rings is 3. The van der Waals surface area contributed by atoms with Gasteiger partial charge in [0, 0.05) is 15.5 Å². The molecule has 0 aliphatic heterocycles. The zero-order valence-electron chi connectivity index (χ0n) is 13.1. The summed E-state index contributed by atoms with van der Waals surface area (Å²) in [7, 11) is -2.13. The molecule has 0 aliphatic rings. The molecular formula is C18H4ClF8S+. The third-order valence-corrected chi connectivity index (χ3v) is 6.73. The van der Waals surface area contributed by atoms with Gasteiger partial charge < -0.3 is 0 Å². The maximum atomic E-state index is 14.6. The molecule has 0 bridgehead atoms. The number of fused-ring (bicyclic) bond motifs is 3. The topological polar surface area (TPSA) is 0 Å². The van der Waals surface area contributed by atoms with Crippen LogP contribution in [0.1, 0.15) is 0 Å². The molecule has 10 heteroatoms. The predicted octanol–water partition coefficient (Wildman–Crippen LogP) is 7.50. The van der Waals surface area contributed by atoms with Crippen molar-refractivity contribution in [1.82, 2.24) is 0 Å². The van der Waals surface area contributed by atoms with Gasteiger partial charge in [0.1, 0.15) is 0 Å². The molecule has 0 spiro atoms. The number of hydrogen-bond donors (Lipinski definition) is 0. The summed E-state index contributed by atoms with van der Waals surface area (Å²) in [5, 5.41) is -2.19. The van der Waals surface area contributed by atoms with Crippen LogP contribution in [0.2, 0.25) is 5.02 Å². The van der Waals surface area contributed by atoms with E-state index in [4.69, 9.17) is 11.6 Å². The Morgan fingerprint density at radius 3 is 1.25 bits per heavy atom. The number of rotatable bonds is 1. The van der Waals surface area contributed by atoms with Crippen LogP contribution in [-0.2, 0) is 0 Å². The lowest BCUT2D eigenvalue weighted by atomic mass is 10.1. The minimum Gasteiger partial charge on any atom is -0.203 e. The van der Waals surface area contributed by atoms with Crippen molar-refractivity contribution in [3.05, 3.63) is 75.8 Å². The van der Waals surface area contributed by atoms with Gasteiger partial charge in [0.15, 0.2) is 28.2 Å². The summed E-state index contributed by atoms with van der Waals surface area (Å²) in [5.74, 6) is -16.9. The summed E-state index contributed by atoms with van der Waals surface area (Å²) in [5.41, 5.74) is 0. The first-order valence-electron chi connectivity index (χ1n) is 7.38. The second-order valence-corrected chi connectivity index (χ2v) is 8.02. The minimum absolute atomic E-state index is 0.0296. The maximum absolute atomic E-state index is 14.6. The van der Waals surface area contributed by atoms with Crippen LogP contribution in [0.3, 0.4) is 0 Å². The van der Waals surface area contributed by atoms with E-state index >= 15 is 0 Å². The Morgan fingerprint density at radius 1 is 0.500 bits per heavy atom. The van der Waals surface area contributed by atoms with E-state index in [0.717, 1.165) is 0 Å². The molecule has 0 fully saturated rings. The zero-order valence-corrected chi connectivity index (χ0v) is 14.7. The van der Waals surface area contributed by atoms with Crippen molar-refractivity contribution in [2.75, 3.05) is 0 Å². The van der Waals surface area contributed by atoms with Crippen molar-refractivity contribution in [3.63, 3.8) is 0 Å². The molecule has 0 unspecified atom stereocenters. The molecule has 0 aliphatic carbocycles. The van der Waals surface area contributed by atoms with Gasteiger partial charge in [-0.15, -0.1) is 0 Å². The fourth-order valence-corrected chi connectivity index (χ4v) is 5.50. The van der Waals surface area contributed by atoms with E-state index in [9.17, 15) is 35.1 Å². The summed E-state index contributed by atoms with van der Waals surface area (Å²) in [6.45, 7) is 0. The fourth-order valence-electron chi connectivity index (χ4n) is 2.96. The summed E-state index contributed by atoms with van der Waals surface area (Å²) < 4.78 is 111. The second-order valence-electron chi connectivity index (χ2n) is 5.68. The highest BCUT2D eigenvalue weighted by Crippen LogP contribution is 2.53. The third kappa shape index (κ3) is 2.35. The van der Waals surface area contributed by atoms with Gasteiger partial charge in [0.25, 0.3) is 0 Å². The Kier molecular flexibility index (Phi) is 4.27. The van der Waals surface area contributed by atoms with Gasteiger partial charge in [-0.25, -0.2) is 26.3 Å². The standard InChI is InChI=1S/C18H4ClF8S/c19-5-1-3-6(4-2-5)28-17-7(9(20)11(22)13(24)15(17)26)8-10(21)12(23)14(25)16(27)18(8)28/h1-4H/q+1. The van der Waals surface area contributed by atoms with Crippen LogP contribution in [0.25, 0.3) is 25.1 Å². The summed E-state index contributed by atoms with van der Waals surface area (Å²) in [6, 6.07) is 4.96. The number of thiophene rings is 1. The number of hydrogen-bond acceptors (Lipinski definition) is 0. The smallest absolute Gasteiger partial charge is 0.203 e. The molecule has 0 saturated carbocycles. The van der Waals surface area contributed by atoms with Crippen molar-refractivity contribution in [2.45, 2.75) is 0 Å².